The molecule has 8 heteroatoms. The lowest BCUT2D eigenvalue weighted by atomic mass is 9.98. The minimum absolute atomic E-state index is 0.298. The van der Waals surface area contributed by atoms with Crippen LogP contribution in [-0.2, 0) is 17.8 Å². The summed E-state index contributed by atoms with van der Waals surface area (Å²) in [5.74, 6) is -0.136. The molecule has 1 atom stereocenters. The van der Waals surface area contributed by atoms with Gasteiger partial charge in [-0.25, -0.2) is 14.4 Å². The van der Waals surface area contributed by atoms with Crippen LogP contribution in [0.1, 0.15) is 23.7 Å². The predicted molar refractivity (Wildman–Crippen MR) is 122 cm³/mol. The number of aliphatic imine (C=N–C) groups is 1. The molecule has 7 nitrogen and oxygen atoms in total. The summed E-state index contributed by atoms with van der Waals surface area (Å²) in [5.41, 5.74) is 9.17. The number of nitrogens with one attached hydrogen (secondary N) is 2. The Morgan fingerprint density at radius 1 is 1.16 bits per heavy atom. The van der Waals surface area contributed by atoms with E-state index in [4.69, 9.17) is 10.2 Å². The number of amides is 1. The van der Waals surface area contributed by atoms with Gasteiger partial charge >= 0.3 is 0 Å². The van der Waals surface area contributed by atoms with Gasteiger partial charge in [0.25, 0.3) is 0 Å². The van der Waals surface area contributed by atoms with Gasteiger partial charge in [-0.3, -0.25) is 4.79 Å². The summed E-state index contributed by atoms with van der Waals surface area (Å²) in [6, 6.07) is 14.0. The summed E-state index contributed by atoms with van der Waals surface area (Å²) >= 11 is 0. The molecule has 0 aliphatic heterocycles. The third-order valence-corrected chi connectivity index (χ3v) is 4.91. The van der Waals surface area contributed by atoms with E-state index < -0.39 is 11.8 Å². The molecule has 1 unspecified atom stereocenters. The molecule has 0 aliphatic rings. The Morgan fingerprint density at radius 2 is 1.88 bits per heavy atom. The van der Waals surface area contributed by atoms with Gasteiger partial charge in [-0.05, 0) is 50.1 Å². The summed E-state index contributed by atoms with van der Waals surface area (Å²) < 4.78 is 18.7. The number of benzene rings is 2. The van der Waals surface area contributed by atoms with E-state index in [0.29, 0.717) is 43.6 Å². The second-order valence-electron chi connectivity index (χ2n) is 7.52. The minimum Gasteiger partial charge on any atom is -0.444 e. The van der Waals surface area contributed by atoms with Gasteiger partial charge in [0.1, 0.15) is 17.8 Å². The average molecular weight is 438 g/mol. The van der Waals surface area contributed by atoms with Crippen LogP contribution in [0.15, 0.2) is 64.2 Å². The third kappa shape index (κ3) is 6.66. The van der Waals surface area contributed by atoms with Crippen LogP contribution >= 0.6 is 0 Å². The van der Waals surface area contributed by atoms with E-state index in [0.717, 1.165) is 11.1 Å². The van der Waals surface area contributed by atoms with Gasteiger partial charge in [-0.15, -0.1) is 0 Å². The summed E-state index contributed by atoms with van der Waals surface area (Å²) in [4.78, 5) is 20.9. The Kier molecular flexibility index (Phi) is 7.96. The van der Waals surface area contributed by atoms with Crippen LogP contribution in [0.4, 0.5) is 4.39 Å². The fraction of sp³-hybridized carbons (Fsp3) is 0.292. The van der Waals surface area contributed by atoms with Crippen molar-refractivity contribution in [3.63, 3.8) is 0 Å². The maximum atomic E-state index is 13.1. The summed E-state index contributed by atoms with van der Waals surface area (Å²) in [7, 11) is 0. The molecule has 3 aromatic rings. The Morgan fingerprint density at radius 3 is 2.53 bits per heavy atom. The highest BCUT2D eigenvalue weighted by molar-refractivity contribution is 5.81. The summed E-state index contributed by atoms with van der Waals surface area (Å²) in [6.45, 7) is 5.23. The number of hydrogen-bond donors (Lipinski definition) is 3. The number of oxazole rings is 1. The molecule has 0 bridgehead atoms. The number of primary amides is 1. The normalized spacial score (nSPS) is 12.4. The van der Waals surface area contributed by atoms with Crippen molar-refractivity contribution in [3.05, 3.63) is 77.4 Å². The fourth-order valence-electron chi connectivity index (χ4n) is 3.11. The van der Waals surface area contributed by atoms with Gasteiger partial charge in [-0.1, -0.05) is 29.8 Å². The monoisotopic (exact) mass is 437 g/mol. The minimum atomic E-state index is -0.468. The second kappa shape index (κ2) is 11.1. The van der Waals surface area contributed by atoms with Crippen molar-refractivity contribution in [2.45, 2.75) is 26.8 Å². The first kappa shape index (κ1) is 23.0. The van der Waals surface area contributed by atoms with E-state index >= 15 is 0 Å². The summed E-state index contributed by atoms with van der Waals surface area (Å²) in [6.07, 6.45) is 1.99. The van der Waals surface area contributed by atoms with E-state index in [1.807, 2.05) is 38.1 Å². The molecule has 0 saturated carbocycles. The predicted octanol–water partition coefficient (Wildman–Crippen LogP) is 3.19. The van der Waals surface area contributed by atoms with E-state index in [1.165, 1.54) is 17.7 Å². The number of aromatic nitrogens is 1. The average Bonchev–Trinajstić information content (AvgIpc) is 3.25. The van der Waals surface area contributed by atoms with Crippen LogP contribution < -0.4 is 16.4 Å². The zero-order valence-electron chi connectivity index (χ0n) is 18.3. The number of halogens is 1. The molecule has 0 fully saturated rings. The lowest BCUT2D eigenvalue weighted by Crippen LogP contribution is -2.43. The van der Waals surface area contributed by atoms with Crippen LogP contribution in [0.2, 0.25) is 0 Å². The van der Waals surface area contributed by atoms with Crippen molar-refractivity contribution in [2.24, 2.45) is 16.6 Å². The first-order chi connectivity index (χ1) is 15.4. The Hall–Kier alpha value is -3.68. The van der Waals surface area contributed by atoms with Crippen molar-refractivity contribution < 1.29 is 13.6 Å². The molecule has 0 saturated heterocycles. The van der Waals surface area contributed by atoms with Crippen LogP contribution in [0, 0.1) is 18.7 Å². The van der Waals surface area contributed by atoms with Gasteiger partial charge in [0, 0.05) is 18.7 Å². The molecule has 0 radical (unpaired) electrons. The summed E-state index contributed by atoms with van der Waals surface area (Å²) in [5, 5.41) is 6.30. The first-order valence-electron chi connectivity index (χ1n) is 10.5. The molecule has 1 heterocycles. The molecule has 4 N–H and O–H groups in total. The maximum Gasteiger partial charge on any atom is 0.226 e. The van der Waals surface area contributed by atoms with Crippen LogP contribution in [0.3, 0.4) is 0 Å². The van der Waals surface area contributed by atoms with E-state index in [9.17, 15) is 9.18 Å². The number of aryl methyl sites for hydroxylation is 1. The van der Waals surface area contributed by atoms with E-state index in [-0.39, 0.29) is 5.82 Å². The topological polar surface area (TPSA) is 106 Å². The van der Waals surface area contributed by atoms with Gasteiger partial charge in [-0.2, -0.15) is 0 Å². The standard InChI is InChI=1S/C24H28FN5O2/c1-3-27-24(28-13-19(22(26)31)12-17-6-10-20(25)11-7-17)29-14-21-15-32-23(30-21)18-8-4-16(2)5-9-18/h4-11,15,19H,3,12-14H2,1-2H3,(H2,26,31)(H2,27,28,29). The number of rotatable bonds is 9. The number of carbonyl (C=O) groups excluding carboxylic acids is 1. The zero-order chi connectivity index (χ0) is 22.9. The number of hydrogen-bond acceptors (Lipinski definition) is 4. The number of nitrogens with two attached hydrogens (primary N) is 1. The smallest absolute Gasteiger partial charge is 0.226 e. The second-order valence-corrected chi connectivity index (χ2v) is 7.52. The molecular weight excluding hydrogens is 409 g/mol. The zero-order valence-corrected chi connectivity index (χ0v) is 18.3. The SMILES string of the molecule is CCNC(=NCc1coc(-c2ccc(C)cc2)n1)NCC(Cc1ccc(F)cc1)C(N)=O. The van der Waals surface area contributed by atoms with Crippen molar-refractivity contribution in [1.29, 1.82) is 0 Å². The van der Waals surface area contributed by atoms with Gasteiger partial charge in [0.15, 0.2) is 5.96 Å². The van der Waals surface area contributed by atoms with Crippen LogP contribution in [0.5, 0.6) is 0 Å². The maximum absolute atomic E-state index is 13.1. The largest absolute Gasteiger partial charge is 0.444 e. The van der Waals surface area contributed by atoms with E-state index in [2.05, 4.69) is 20.6 Å². The Bertz CT molecular complexity index is 1050. The Balaban J connectivity index is 1.61. The molecule has 1 amide bonds. The van der Waals surface area contributed by atoms with Crippen molar-refractivity contribution in [3.8, 4) is 11.5 Å². The van der Waals surface area contributed by atoms with Gasteiger partial charge in [0.2, 0.25) is 11.8 Å². The molecule has 3 rings (SSSR count). The highest BCUT2D eigenvalue weighted by atomic mass is 19.1. The van der Waals surface area contributed by atoms with Crippen molar-refractivity contribution in [2.75, 3.05) is 13.1 Å². The molecule has 32 heavy (non-hydrogen) atoms. The molecular formula is C24H28FN5O2. The van der Waals surface area contributed by atoms with Crippen molar-refractivity contribution >= 4 is 11.9 Å². The Labute approximate surface area is 187 Å². The quantitative estimate of drug-likeness (QED) is 0.352. The lowest BCUT2D eigenvalue weighted by molar-refractivity contribution is -0.121. The van der Waals surface area contributed by atoms with Crippen LogP contribution in [0.25, 0.3) is 11.5 Å². The lowest BCUT2D eigenvalue weighted by Gasteiger charge is -2.17. The number of guanidine groups is 1. The highest BCUT2D eigenvalue weighted by Crippen LogP contribution is 2.19. The van der Waals surface area contributed by atoms with Crippen molar-refractivity contribution in [1.82, 2.24) is 15.6 Å². The molecule has 0 spiro atoms. The molecule has 2 aromatic carbocycles. The number of nitrogens with zero attached hydrogens (tertiary/aromatic N) is 2. The van der Waals surface area contributed by atoms with Gasteiger partial charge in [0.05, 0.1) is 12.5 Å². The molecule has 1 aromatic heterocycles. The molecule has 0 aliphatic carbocycles. The fourth-order valence-corrected chi connectivity index (χ4v) is 3.11. The van der Waals surface area contributed by atoms with Crippen LogP contribution in [-0.4, -0.2) is 29.9 Å². The number of carbonyl (C=O) groups is 1. The van der Waals surface area contributed by atoms with E-state index in [1.54, 1.807) is 18.4 Å². The molecule has 168 valence electrons. The highest BCUT2D eigenvalue weighted by Gasteiger charge is 2.17. The first-order valence-corrected chi connectivity index (χ1v) is 10.5. The third-order valence-electron chi connectivity index (χ3n) is 4.91. The van der Waals surface area contributed by atoms with Gasteiger partial charge < -0.3 is 20.8 Å².